The van der Waals surface area contributed by atoms with Crippen LogP contribution in [0.5, 0.6) is 5.75 Å². The predicted octanol–water partition coefficient (Wildman–Crippen LogP) is 5.63. The fourth-order valence-corrected chi connectivity index (χ4v) is 3.43. The third-order valence-corrected chi connectivity index (χ3v) is 4.92. The van der Waals surface area contributed by atoms with Crippen molar-refractivity contribution in [2.75, 3.05) is 6.61 Å². The minimum atomic E-state index is -4.73. The first-order valence-electron chi connectivity index (χ1n) is 10.2. The van der Waals surface area contributed by atoms with Gasteiger partial charge >= 0.3 is 18.2 Å². The van der Waals surface area contributed by atoms with Crippen LogP contribution in [0.25, 0.3) is 11.4 Å². The van der Waals surface area contributed by atoms with Crippen molar-refractivity contribution in [1.29, 1.82) is 0 Å². The first-order chi connectivity index (χ1) is 15.5. The molecule has 0 fully saturated rings. The summed E-state index contributed by atoms with van der Waals surface area (Å²) in [6.45, 7) is 5.68. The molecule has 3 aromatic rings. The van der Waals surface area contributed by atoms with Crippen LogP contribution in [-0.2, 0) is 17.5 Å². The van der Waals surface area contributed by atoms with E-state index in [9.17, 15) is 18.0 Å². The molecule has 1 aliphatic rings. The van der Waals surface area contributed by atoms with Crippen molar-refractivity contribution in [2.24, 2.45) is 0 Å². The largest absolute Gasteiger partial charge is 0.491 e. The summed E-state index contributed by atoms with van der Waals surface area (Å²) in [7, 11) is 0. The van der Waals surface area contributed by atoms with E-state index in [-0.39, 0.29) is 19.0 Å². The van der Waals surface area contributed by atoms with Gasteiger partial charge < -0.3 is 14.0 Å². The second-order valence-electron chi connectivity index (χ2n) is 8.59. The van der Waals surface area contributed by atoms with Gasteiger partial charge in [0.2, 0.25) is 5.82 Å². The van der Waals surface area contributed by atoms with Crippen LogP contribution in [0.3, 0.4) is 0 Å². The van der Waals surface area contributed by atoms with Crippen LogP contribution in [0.4, 0.5) is 18.0 Å². The van der Waals surface area contributed by atoms with Gasteiger partial charge in [-0.05, 0) is 32.4 Å². The molecule has 1 unspecified atom stereocenters. The van der Waals surface area contributed by atoms with Crippen molar-refractivity contribution in [3.8, 4) is 17.1 Å². The molecule has 1 aliphatic heterocycles. The third kappa shape index (κ3) is 5.10. The molecule has 0 spiro atoms. The van der Waals surface area contributed by atoms with Crippen molar-refractivity contribution in [3.05, 3.63) is 65.5 Å². The molecule has 0 saturated carbocycles. The van der Waals surface area contributed by atoms with Crippen molar-refractivity contribution in [3.63, 3.8) is 0 Å². The molecule has 0 radical (unpaired) electrons. The average Bonchev–Trinajstić information content (AvgIpc) is 3.16. The Labute approximate surface area is 188 Å². The molecular formula is C23H22F3N3O4. The van der Waals surface area contributed by atoms with Crippen molar-refractivity contribution in [2.45, 2.75) is 45.1 Å². The van der Waals surface area contributed by atoms with E-state index in [1.54, 1.807) is 43.9 Å². The molecule has 0 saturated heterocycles. The summed E-state index contributed by atoms with van der Waals surface area (Å²) in [6, 6.07) is 13.7. The molecular weight excluding hydrogens is 439 g/mol. The number of benzene rings is 2. The molecule has 1 amide bonds. The van der Waals surface area contributed by atoms with Crippen LogP contribution in [0.15, 0.2) is 53.1 Å². The molecule has 7 nitrogen and oxygen atoms in total. The first kappa shape index (κ1) is 22.6. The van der Waals surface area contributed by atoms with Gasteiger partial charge in [0.15, 0.2) is 0 Å². The molecule has 4 rings (SSSR count). The Kier molecular flexibility index (Phi) is 5.77. The molecule has 1 atom stereocenters. The summed E-state index contributed by atoms with van der Waals surface area (Å²) >= 11 is 0. The maximum atomic E-state index is 13.1. The lowest BCUT2D eigenvalue weighted by Crippen LogP contribution is -2.39. The molecule has 1 aromatic heterocycles. The van der Waals surface area contributed by atoms with E-state index in [1.165, 1.54) is 0 Å². The van der Waals surface area contributed by atoms with Crippen molar-refractivity contribution < 1.29 is 32.0 Å². The quantitative estimate of drug-likeness (QED) is 0.493. The van der Waals surface area contributed by atoms with Gasteiger partial charge in [-0.3, -0.25) is 4.90 Å². The number of ether oxygens (including phenoxy) is 2. The number of fused-ring (bicyclic) bond motifs is 1. The second kappa shape index (κ2) is 8.42. The Balaban J connectivity index is 1.67. The van der Waals surface area contributed by atoms with Crippen LogP contribution in [-0.4, -0.2) is 33.3 Å². The standard InChI is InChI=1S/C23H22F3N3O4/c1-22(2,3)32-21(30)29-12-16-10-9-15(19-27-20(33-28-19)23(24,25)26)11-18(16)31-13-17(29)14-7-5-4-6-8-14/h4-11,17H,12-13H2,1-3H3. The van der Waals surface area contributed by atoms with E-state index in [2.05, 4.69) is 14.7 Å². The van der Waals surface area contributed by atoms with Gasteiger partial charge in [0.05, 0.1) is 12.6 Å². The Bertz CT molecular complexity index is 1140. The van der Waals surface area contributed by atoms with Crippen LogP contribution in [0.1, 0.15) is 43.8 Å². The molecule has 174 valence electrons. The fourth-order valence-electron chi connectivity index (χ4n) is 3.43. The maximum absolute atomic E-state index is 13.1. The molecule has 2 heterocycles. The summed E-state index contributed by atoms with van der Waals surface area (Å²) < 4.78 is 54.4. The first-order valence-corrected chi connectivity index (χ1v) is 10.2. The number of nitrogens with zero attached hydrogens (tertiary/aromatic N) is 3. The van der Waals surface area contributed by atoms with Gasteiger partial charge in [0.1, 0.15) is 18.0 Å². The summed E-state index contributed by atoms with van der Waals surface area (Å²) in [4.78, 5) is 18.1. The number of hydrogen-bond acceptors (Lipinski definition) is 6. The number of aromatic nitrogens is 2. The highest BCUT2D eigenvalue weighted by Gasteiger charge is 2.39. The van der Waals surface area contributed by atoms with Crippen LogP contribution in [0.2, 0.25) is 0 Å². The Morgan fingerprint density at radius 2 is 1.85 bits per heavy atom. The van der Waals surface area contributed by atoms with Gasteiger partial charge in [0, 0.05) is 11.1 Å². The Morgan fingerprint density at radius 1 is 1.12 bits per heavy atom. The summed E-state index contributed by atoms with van der Waals surface area (Å²) in [5, 5.41) is 3.43. The number of rotatable bonds is 2. The molecule has 33 heavy (non-hydrogen) atoms. The monoisotopic (exact) mass is 461 g/mol. The van der Waals surface area contributed by atoms with Gasteiger partial charge in [-0.2, -0.15) is 18.2 Å². The smallest absolute Gasteiger partial charge is 0.471 e. The molecule has 10 heteroatoms. The Hall–Kier alpha value is -3.56. The summed E-state index contributed by atoms with van der Waals surface area (Å²) in [6.07, 6.45) is -5.23. The molecule has 0 aliphatic carbocycles. The second-order valence-corrected chi connectivity index (χ2v) is 8.59. The van der Waals surface area contributed by atoms with E-state index >= 15 is 0 Å². The van der Waals surface area contributed by atoms with E-state index in [1.807, 2.05) is 30.3 Å². The Morgan fingerprint density at radius 3 is 2.48 bits per heavy atom. The SMILES string of the molecule is CC(C)(C)OC(=O)N1Cc2ccc(-c3noc(C(F)(F)F)n3)cc2OCC1c1ccccc1. The lowest BCUT2D eigenvalue weighted by molar-refractivity contribution is -0.159. The number of halogens is 3. The fraction of sp³-hybridized carbons (Fsp3) is 0.348. The van der Waals surface area contributed by atoms with Gasteiger partial charge in [0.25, 0.3) is 0 Å². The summed E-state index contributed by atoms with van der Waals surface area (Å²) in [5.74, 6) is -1.21. The zero-order chi connectivity index (χ0) is 23.8. The van der Waals surface area contributed by atoms with E-state index in [0.29, 0.717) is 16.9 Å². The highest BCUT2D eigenvalue weighted by atomic mass is 19.4. The van der Waals surface area contributed by atoms with Crippen LogP contribution < -0.4 is 4.74 Å². The van der Waals surface area contributed by atoms with Crippen LogP contribution >= 0.6 is 0 Å². The summed E-state index contributed by atoms with van der Waals surface area (Å²) in [5.41, 5.74) is 1.15. The number of alkyl halides is 3. The minimum Gasteiger partial charge on any atom is -0.491 e. The van der Waals surface area contributed by atoms with Gasteiger partial charge in [-0.25, -0.2) is 4.79 Å². The van der Waals surface area contributed by atoms with Crippen molar-refractivity contribution in [1.82, 2.24) is 15.0 Å². The molecule has 2 aromatic carbocycles. The minimum absolute atomic E-state index is 0.125. The van der Waals surface area contributed by atoms with E-state index in [4.69, 9.17) is 9.47 Å². The molecule has 0 bridgehead atoms. The van der Waals surface area contributed by atoms with Gasteiger partial charge in [-0.15, -0.1) is 0 Å². The highest BCUT2D eigenvalue weighted by Crippen LogP contribution is 2.36. The average molecular weight is 461 g/mol. The number of hydrogen-bond donors (Lipinski definition) is 0. The van der Waals surface area contributed by atoms with Crippen LogP contribution in [0, 0.1) is 0 Å². The lowest BCUT2D eigenvalue weighted by Gasteiger charge is -2.32. The number of amides is 1. The third-order valence-electron chi connectivity index (χ3n) is 4.92. The topological polar surface area (TPSA) is 77.7 Å². The lowest BCUT2D eigenvalue weighted by atomic mass is 10.1. The highest BCUT2D eigenvalue weighted by molar-refractivity contribution is 5.70. The van der Waals surface area contributed by atoms with Gasteiger partial charge in [-0.1, -0.05) is 47.6 Å². The maximum Gasteiger partial charge on any atom is 0.471 e. The molecule has 0 N–H and O–H groups in total. The predicted molar refractivity (Wildman–Crippen MR) is 111 cm³/mol. The zero-order valence-electron chi connectivity index (χ0n) is 18.2. The van der Waals surface area contributed by atoms with E-state index in [0.717, 1.165) is 5.56 Å². The van der Waals surface area contributed by atoms with E-state index < -0.39 is 29.8 Å². The zero-order valence-corrected chi connectivity index (χ0v) is 18.2. The van der Waals surface area contributed by atoms with Crippen molar-refractivity contribution >= 4 is 6.09 Å². The normalized spacial score (nSPS) is 16.5. The number of carbonyl (C=O) groups is 1. The number of carbonyl (C=O) groups excluding carboxylic acids is 1.